The first-order valence-electron chi connectivity index (χ1n) is 5.69. The van der Waals surface area contributed by atoms with Crippen LogP contribution >= 0.6 is 31.9 Å². The highest BCUT2D eigenvalue weighted by Gasteiger charge is 2.15. The van der Waals surface area contributed by atoms with Crippen LogP contribution < -0.4 is 5.73 Å². The number of halogens is 2. The van der Waals surface area contributed by atoms with E-state index in [1.54, 1.807) is 0 Å². The average Bonchev–Trinajstić information content (AvgIpc) is 2.57. The zero-order valence-electron chi connectivity index (χ0n) is 10.5. The molecule has 0 aliphatic rings. The second kappa shape index (κ2) is 5.15. The molecule has 0 aliphatic heterocycles. The highest BCUT2D eigenvalue weighted by Crippen LogP contribution is 2.28. The van der Waals surface area contributed by atoms with E-state index >= 15 is 0 Å². The van der Waals surface area contributed by atoms with Gasteiger partial charge in [-0.2, -0.15) is 5.10 Å². The van der Waals surface area contributed by atoms with Gasteiger partial charge in [0.05, 0.1) is 21.5 Å². The number of hydrogen-bond donors (Lipinski definition) is 1. The van der Waals surface area contributed by atoms with Crippen molar-refractivity contribution in [2.24, 2.45) is 5.73 Å². The zero-order chi connectivity index (χ0) is 13.4. The van der Waals surface area contributed by atoms with Crippen LogP contribution in [0.15, 0.2) is 27.1 Å². The van der Waals surface area contributed by atoms with Gasteiger partial charge in [-0.1, -0.05) is 15.9 Å². The molecule has 1 atom stereocenters. The number of nitrogens with zero attached hydrogens (tertiary/aromatic N) is 2. The molecule has 0 fully saturated rings. The van der Waals surface area contributed by atoms with Gasteiger partial charge in [-0.25, -0.2) is 4.68 Å². The van der Waals surface area contributed by atoms with E-state index in [0.717, 1.165) is 31.6 Å². The Morgan fingerprint density at radius 2 is 1.94 bits per heavy atom. The van der Waals surface area contributed by atoms with Gasteiger partial charge in [0.15, 0.2) is 0 Å². The topological polar surface area (TPSA) is 43.8 Å². The monoisotopic (exact) mass is 371 g/mol. The maximum Gasteiger partial charge on any atom is 0.0743 e. The third kappa shape index (κ3) is 2.39. The van der Waals surface area contributed by atoms with Crippen molar-refractivity contribution in [1.82, 2.24) is 9.78 Å². The maximum atomic E-state index is 6.04. The van der Waals surface area contributed by atoms with E-state index in [1.165, 1.54) is 0 Å². The minimum atomic E-state index is -0.0415. The lowest BCUT2D eigenvalue weighted by atomic mass is 10.1. The first kappa shape index (κ1) is 13.8. The van der Waals surface area contributed by atoms with Gasteiger partial charge in [-0.05, 0) is 60.5 Å². The van der Waals surface area contributed by atoms with Gasteiger partial charge in [0, 0.05) is 10.5 Å². The Labute approximate surface area is 124 Å². The third-order valence-corrected chi connectivity index (χ3v) is 4.55. The fourth-order valence-corrected chi connectivity index (χ4v) is 2.57. The lowest BCUT2D eigenvalue weighted by molar-refractivity contribution is 0.766. The minimum absolute atomic E-state index is 0.0415. The van der Waals surface area contributed by atoms with E-state index in [9.17, 15) is 0 Å². The summed E-state index contributed by atoms with van der Waals surface area (Å²) in [6, 6.07) is 6.05. The van der Waals surface area contributed by atoms with Crippen molar-refractivity contribution in [1.29, 1.82) is 0 Å². The molecule has 0 amide bonds. The molecular weight excluding hydrogens is 358 g/mol. The van der Waals surface area contributed by atoms with E-state index in [4.69, 9.17) is 5.73 Å². The van der Waals surface area contributed by atoms with Crippen LogP contribution in [-0.4, -0.2) is 9.78 Å². The highest BCUT2D eigenvalue weighted by atomic mass is 79.9. The molecule has 1 aromatic heterocycles. The van der Waals surface area contributed by atoms with Crippen LogP contribution in [0.5, 0.6) is 0 Å². The summed E-state index contributed by atoms with van der Waals surface area (Å²) in [5.41, 5.74) is 10.2. The van der Waals surface area contributed by atoms with E-state index in [0.29, 0.717) is 0 Å². The summed E-state index contributed by atoms with van der Waals surface area (Å²) in [6.07, 6.45) is 0. The summed E-state index contributed by atoms with van der Waals surface area (Å²) >= 11 is 7.03. The van der Waals surface area contributed by atoms with Crippen LogP contribution in [0.4, 0.5) is 0 Å². The summed E-state index contributed by atoms with van der Waals surface area (Å²) in [5, 5.41) is 4.55. The van der Waals surface area contributed by atoms with Crippen molar-refractivity contribution in [3.05, 3.63) is 44.1 Å². The summed E-state index contributed by atoms with van der Waals surface area (Å²) in [4.78, 5) is 0. The molecule has 1 heterocycles. The van der Waals surface area contributed by atoms with E-state index in [1.807, 2.05) is 43.7 Å². The third-order valence-electron chi connectivity index (χ3n) is 2.91. The SMILES string of the molecule is Cc1nn(-c2ccc(Br)cc2C(C)N)c(C)c1Br. The molecule has 1 aromatic carbocycles. The highest BCUT2D eigenvalue weighted by molar-refractivity contribution is 9.10. The largest absolute Gasteiger partial charge is 0.324 e. The molecular formula is C13H15Br2N3. The molecule has 0 saturated carbocycles. The van der Waals surface area contributed by atoms with Crippen molar-refractivity contribution >= 4 is 31.9 Å². The number of benzene rings is 1. The predicted octanol–water partition coefficient (Wildman–Crippen LogP) is 4.03. The van der Waals surface area contributed by atoms with Gasteiger partial charge in [-0.15, -0.1) is 0 Å². The van der Waals surface area contributed by atoms with Crippen LogP contribution in [0.2, 0.25) is 0 Å². The lowest BCUT2D eigenvalue weighted by Gasteiger charge is -2.14. The number of aryl methyl sites for hydroxylation is 1. The normalized spacial score (nSPS) is 12.8. The Kier molecular flexibility index (Phi) is 3.94. The molecule has 2 N–H and O–H groups in total. The molecule has 2 rings (SSSR count). The summed E-state index contributed by atoms with van der Waals surface area (Å²) in [6.45, 7) is 6.00. The summed E-state index contributed by atoms with van der Waals surface area (Å²) in [5.74, 6) is 0. The Morgan fingerprint density at radius 3 is 2.44 bits per heavy atom. The molecule has 0 aliphatic carbocycles. The molecule has 3 nitrogen and oxygen atoms in total. The molecule has 0 spiro atoms. The molecule has 5 heteroatoms. The molecule has 0 saturated heterocycles. The van der Waals surface area contributed by atoms with E-state index < -0.39 is 0 Å². The van der Waals surface area contributed by atoms with Crippen molar-refractivity contribution in [2.75, 3.05) is 0 Å². The Balaban J connectivity index is 2.67. The Bertz CT molecular complexity index is 588. The van der Waals surface area contributed by atoms with Gasteiger partial charge in [0.1, 0.15) is 0 Å². The maximum absolute atomic E-state index is 6.04. The second-order valence-corrected chi connectivity index (χ2v) is 6.10. The predicted molar refractivity (Wildman–Crippen MR) is 81.0 cm³/mol. The quantitative estimate of drug-likeness (QED) is 0.864. The van der Waals surface area contributed by atoms with Gasteiger partial charge >= 0.3 is 0 Å². The fraction of sp³-hybridized carbons (Fsp3) is 0.308. The lowest BCUT2D eigenvalue weighted by Crippen LogP contribution is -2.11. The molecule has 0 bridgehead atoms. The van der Waals surface area contributed by atoms with Gasteiger partial charge in [0.25, 0.3) is 0 Å². The smallest absolute Gasteiger partial charge is 0.0743 e. The Morgan fingerprint density at radius 1 is 1.28 bits per heavy atom. The number of aromatic nitrogens is 2. The van der Waals surface area contributed by atoms with Gasteiger partial charge < -0.3 is 5.73 Å². The second-order valence-electron chi connectivity index (χ2n) is 4.39. The minimum Gasteiger partial charge on any atom is -0.324 e. The Hall–Kier alpha value is -0.650. The van der Waals surface area contributed by atoms with Crippen molar-refractivity contribution in [2.45, 2.75) is 26.8 Å². The molecule has 0 radical (unpaired) electrons. The first-order chi connectivity index (χ1) is 8.41. The van der Waals surface area contributed by atoms with Crippen molar-refractivity contribution in [3.8, 4) is 5.69 Å². The fourth-order valence-electron chi connectivity index (χ4n) is 1.94. The van der Waals surface area contributed by atoms with Crippen LogP contribution in [-0.2, 0) is 0 Å². The average molecular weight is 373 g/mol. The molecule has 1 unspecified atom stereocenters. The molecule has 2 aromatic rings. The van der Waals surface area contributed by atoms with Crippen molar-refractivity contribution < 1.29 is 0 Å². The van der Waals surface area contributed by atoms with Crippen LogP contribution in [0.3, 0.4) is 0 Å². The zero-order valence-corrected chi connectivity index (χ0v) is 13.7. The summed E-state index contributed by atoms with van der Waals surface area (Å²) in [7, 11) is 0. The number of hydrogen-bond acceptors (Lipinski definition) is 2. The summed E-state index contributed by atoms with van der Waals surface area (Å²) < 4.78 is 4.00. The first-order valence-corrected chi connectivity index (χ1v) is 7.27. The van der Waals surface area contributed by atoms with Gasteiger partial charge in [0.2, 0.25) is 0 Å². The number of nitrogens with two attached hydrogens (primary N) is 1. The van der Waals surface area contributed by atoms with Gasteiger partial charge in [-0.3, -0.25) is 0 Å². The standard InChI is InChI=1S/C13H15Br2N3/c1-7(16)11-6-10(14)4-5-12(11)18-9(3)13(15)8(2)17-18/h4-7H,16H2,1-3H3. The van der Waals surface area contributed by atoms with E-state index in [-0.39, 0.29) is 6.04 Å². The number of rotatable bonds is 2. The van der Waals surface area contributed by atoms with E-state index in [2.05, 4.69) is 37.0 Å². The van der Waals surface area contributed by atoms with Crippen LogP contribution in [0.25, 0.3) is 5.69 Å². The van der Waals surface area contributed by atoms with Crippen LogP contribution in [0.1, 0.15) is 29.9 Å². The molecule has 96 valence electrons. The molecule has 18 heavy (non-hydrogen) atoms. The van der Waals surface area contributed by atoms with Crippen LogP contribution in [0, 0.1) is 13.8 Å². The van der Waals surface area contributed by atoms with Crippen molar-refractivity contribution in [3.63, 3.8) is 0 Å².